The molecule has 3 rings (SSSR count). The van der Waals surface area contributed by atoms with E-state index in [1.807, 2.05) is 0 Å². The summed E-state index contributed by atoms with van der Waals surface area (Å²) in [5.41, 5.74) is 0. The first-order chi connectivity index (χ1) is 7.86. The molecule has 3 fully saturated rings. The van der Waals surface area contributed by atoms with Crippen LogP contribution in [0.15, 0.2) is 0 Å². The lowest BCUT2D eigenvalue weighted by Crippen LogP contribution is -2.47. The van der Waals surface area contributed by atoms with E-state index in [-0.39, 0.29) is 5.79 Å². The lowest BCUT2D eigenvalue weighted by molar-refractivity contribution is -0.186. The maximum absolute atomic E-state index is 5.72. The van der Waals surface area contributed by atoms with Crippen LogP contribution in [0.3, 0.4) is 0 Å². The standard InChI is InChI=1S/C12H21NO3/c1-2-11(14-7-1)10-13-5-3-12(4-6-13)15-8-9-16-12/h11H,1-10H2. The molecule has 0 radical (unpaired) electrons. The van der Waals surface area contributed by atoms with Crippen molar-refractivity contribution in [1.82, 2.24) is 4.90 Å². The minimum atomic E-state index is -0.229. The Balaban J connectivity index is 1.46. The predicted octanol–water partition coefficient (Wildman–Crippen LogP) is 1.00. The Labute approximate surface area is 96.8 Å². The summed E-state index contributed by atoms with van der Waals surface area (Å²) in [6, 6.07) is 0. The van der Waals surface area contributed by atoms with E-state index in [9.17, 15) is 0 Å². The molecule has 0 bridgehead atoms. The minimum absolute atomic E-state index is 0.229. The van der Waals surface area contributed by atoms with Crippen LogP contribution in [0.2, 0.25) is 0 Å². The zero-order valence-electron chi connectivity index (χ0n) is 9.82. The van der Waals surface area contributed by atoms with Gasteiger partial charge in [-0.15, -0.1) is 0 Å². The molecule has 0 aromatic rings. The fraction of sp³-hybridized carbons (Fsp3) is 1.00. The van der Waals surface area contributed by atoms with Gasteiger partial charge in [0.2, 0.25) is 0 Å². The first-order valence-electron chi connectivity index (χ1n) is 6.48. The molecule has 0 N–H and O–H groups in total. The zero-order valence-corrected chi connectivity index (χ0v) is 9.82. The van der Waals surface area contributed by atoms with Gasteiger partial charge in [-0.05, 0) is 12.8 Å². The molecule has 0 amide bonds. The van der Waals surface area contributed by atoms with Gasteiger partial charge in [-0.2, -0.15) is 0 Å². The molecule has 1 atom stereocenters. The van der Waals surface area contributed by atoms with Gasteiger partial charge in [0.25, 0.3) is 0 Å². The average Bonchev–Trinajstić information content (AvgIpc) is 2.94. The molecule has 0 aromatic carbocycles. The second kappa shape index (κ2) is 4.61. The molecule has 92 valence electrons. The zero-order chi connectivity index (χ0) is 10.8. The Kier molecular flexibility index (Phi) is 3.16. The third-order valence-electron chi connectivity index (χ3n) is 3.92. The van der Waals surface area contributed by atoms with Crippen molar-refractivity contribution in [3.63, 3.8) is 0 Å². The highest BCUT2D eigenvalue weighted by molar-refractivity contribution is 4.84. The first-order valence-corrected chi connectivity index (χ1v) is 6.48. The minimum Gasteiger partial charge on any atom is -0.377 e. The molecular weight excluding hydrogens is 206 g/mol. The van der Waals surface area contributed by atoms with Crippen LogP contribution in [0.4, 0.5) is 0 Å². The largest absolute Gasteiger partial charge is 0.377 e. The topological polar surface area (TPSA) is 30.9 Å². The molecule has 4 nitrogen and oxygen atoms in total. The maximum atomic E-state index is 5.72. The van der Waals surface area contributed by atoms with Gasteiger partial charge in [0.15, 0.2) is 5.79 Å². The maximum Gasteiger partial charge on any atom is 0.170 e. The quantitative estimate of drug-likeness (QED) is 0.704. The Bertz CT molecular complexity index is 224. The summed E-state index contributed by atoms with van der Waals surface area (Å²) in [5.74, 6) is -0.229. The van der Waals surface area contributed by atoms with Gasteiger partial charge >= 0.3 is 0 Å². The van der Waals surface area contributed by atoms with Crippen LogP contribution in [0.25, 0.3) is 0 Å². The van der Waals surface area contributed by atoms with Crippen molar-refractivity contribution in [3.05, 3.63) is 0 Å². The third-order valence-corrected chi connectivity index (χ3v) is 3.92. The first kappa shape index (κ1) is 11.0. The van der Waals surface area contributed by atoms with Crippen LogP contribution in [0.5, 0.6) is 0 Å². The second-order valence-corrected chi connectivity index (χ2v) is 5.04. The number of hydrogen-bond donors (Lipinski definition) is 0. The highest BCUT2D eigenvalue weighted by Crippen LogP contribution is 2.31. The van der Waals surface area contributed by atoms with Crippen LogP contribution in [-0.4, -0.2) is 56.2 Å². The summed E-state index contributed by atoms with van der Waals surface area (Å²) in [4.78, 5) is 2.49. The van der Waals surface area contributed by atoms with E-state index in [2.05, 4.69) is 4.90 Å². The van der Waals surface area contributed by atoms with Gasteiger partial charge in [-0.3, -0.25) is 0 Å². The number of ether oxygens (including phenoxy) is 3. The SMILES string of the molecule is C1COC(CN2CCC3(CC2)OCCO3)C1. The average molecular weight is 227 g/mol. The Morgan fingerprint density at radius 2 is 1.81 bits per heavy atom. The molecule has 3 aliphatic heterocycles. The molecule has 3 saturated heterocycles. The Morgan fingerprint density at radius 3 is 2.44 bits per heavy atom. The summed E-state index contributed by atoms with van der Waals surface area (Å²) in [6.45, 7) is 5.75. The van der Waals surface area contributed by atoms with Crippen LogP contribution in [-0.2, 0) is 14.2 Å². The van der Waals surface area contributed by atoms with Gasteiger partial charge in [0.1, 0.15) is 0 Å². The van der Waals surface area contributed by atoms with E-state index in [1.165, 1.54) is 12.8 Å². The van der Waals surface area contributed by atoms with Gasteiger partial charge in [0, 0.05) is 39.1 Å². The van der Waals surface area contributed by atoms with Crippen molar-refractivity contribution in [3.8, 4) is 0 Å². The van der Waals surface area contributed by atoms with E-state index in [0.29, 0.717) is 6.10 Å². The van der Waals surface area contributed by atoms with Gasteiger partial charge < -0.3 is 19.1 Å². The summed E-state index contributed by atoms with van der Waals surface area (Å²) in [5, 5.41) is 0. The van der Waals surface area contributed by atoms with Crippen LogP contribution >= 0.6 is 0 Å². The van der Waals surface area contributed by atoms with Crippen LogP contribution in [0.1, 0.15) is 25.7 Å². The normalized spacial score (nSPS) is 34.9. The number of piperidine rings is 1. The van der Waals surface area contributed by atoms with Crippen molar-refractivity contribution in [2.75, 3.05) is 39.5 Å². The van der Waals surface area contributed by atoms with Crippen molar-refractivity contribution in [2.24, 2.45) is 0 Å². The van der Waals surface area contributed by atoms with E-state index in [1.54, 1.807) is 0 Å². The van der Waals surface area contributed by atoms with Gasteiger partial charge in [-0.1, -0.05) is 0 Å². The fourth-order valence-corrected chi connectivity index (χ4v) is 2.94. The molecule has 1 unspecified atom stereocenters. The molecule has 0 aromatic heterocycles. The van der Waals surface area contributed by atoms with E-state index in [0.717, 1.165) is 52.3 Å². The monoisotopic (exact) mass is 227 g/mol. The molecular formula is C12H21NO3. The Hall–Kier alpha value is -0.160. The summed E-state index contributed by atoms with van der Waals surface area (Å²) in [7, 11) is 0. The highest BCUT2D eigenvalue weighted by atomic mass is 16.7. The fourth-order valence-electron chi connectivity index (χ4n) is 2.94. The van der Waals surface area contributed by atoms with Crippen molar-refractivity contribution in [1.29, 1.82) is 0 Å². The van der Waals surface area contributed by atoms with Crippen molar-refractivity contribution >= 4 is 0 Å². The summed E-state index contributed by atoms with van der Waals surface area (Å²) < 4.78 is 17.1. The smallest absolute Gasteiger partial charge is 0.170 e. The molecule has 1 spiro atoms. The number of hydrogen-bond acceptors (Lipinski definition) is 4. The number of rotatable bonds is 2. The van der Waals surface area contributed by atoms with Crippen LogP contribution in [0, 0.1) is 0 Å². The lowest BCUT2D eigenvalue weighted by atomic mass is 10.0. The van der Waals surface area contributed by atoms with Crippen molar-refractivity contribution < 1.29 is 14.2 Å². The third kappa shape index (κ3) is 2.25. The summed E-state index contributed by atoms with van der Waals surface area (Å²) >= 11 is 0. The van der Waals surface area contributed by atoms with Crippen LogP contribution < -0.4 is 0 Å². The summed E-state index contributed by atoms with van der Waals surface area (Å²) in [6.07, 6.45) is 4.96. The highest BCUT2D eigenvalue weighted by Gasteiger charge is 2.40. The molecule has 3 heterocycles. The van der Waals surface area contributed by atoms with Gasteiger partial charge in [0.05, 0.1) is 19.3 Å². The second-order valence-electron chi connectivity index (χ2n) is 5.04. The van der Waals surface area contributed by atoms with Crippen molar-refractivity contribution in [2.45, 2.75) is 37.6 Å². The molecule has 4 heteroatoms. The van der Waals surface area contributed by atoms with E-state index >= 15 is 0 Å². The molecule has 16 heavy (non-hydrogen) atoms. The Morgan fingerprint density at radius 1 is 1.06 bits per heavy atom. The number of likely N-dealkylation sites (tertiary alicyclic amines) is 1. The number of nitrogens with zero attached hydrogens (tertiary/aromatic N) is 1. The lowest BCUT2D eigenvalue weighted by Gasteiger charge is -2.38. The van der Waals surface area contributed by atoms with Gasteiger partial charge in [-0.25, -0.2) is 0 Å². The molecule has 3 aliphatic rings. The predicted molar refractivity (Wildman–Crippen MR) is 59.3 cm³/mol. The van der Waals surface area contributed by atoms with E-state index < -0.39 is 0 Å². The van der Waals surface area contributed by atoms with E-state index in [4.69, 9.17) is 14.2 Å². The molecule has 0 saturated carbocycles. The molecule has 0 aliphatic carbocycles.